The van der Waals surface area contributed by atoms with E-state index in [0.717, 1.165) is 0 Å². The molecule has 0 fully saturated rings. The lowest BCUT2D eigenvalue weighted by molar-refractivity contribution is 0.0520. The Balaban J connectivity index is 1.86. The molecule has 138 valence electrons. The number of hydrogen-bond acceptors (Lipinski definition) is 6. The predicted octanol–water partition coefficient (Wildman–Crippen LogP) is 3.86. The van der Waals surface area contributed by atoms with Crippen molar-refractivity contribution in [2.24, 2.45) is 4.99 Å². The number of ether oxygens (including phenoxy) is 1. The highest BCUT2D eigenvalue weighted by Gasteiger charge is 2.15. The van der Waals surface area contributed by atoms with Crippen LogP contribution < -0.4 is 5.63 Å². The van der Waals surface area contributed by atoms with E-state index in [4.69, 9.17) is 9.15 Å². The quantitative estimate of drug-likeness (QED) is 0.407. The minimum Gasteiger partial charge on any atom is -0.506 e. The summed E-state index contributed by atoms with van der Waals surface area (Å²) in [4.78, 5) is 28.5. The van der Waals surface area contributed by atoms with Crippen molar-refractivity contribution >= 4 is 28.7 Å². The highest BCUT2D eigenvalue weighted by molar-refractivity contribution is 5.99. The molecule has 0 radical (unpaired) electrons. The molecule has 1 aromatic heterocycles. The molecule has 0 aliphatic carbocycles. The Labute approximate surface area is 155 Å². The van der Waals surface area contributed by atoms with E-state index in [0.29, 0.717) is 28.8 Å². The molecule has 27 heavy (non-hydrogen) atoms. The molecule has 0 amide bonds. The highest BCUT2D eigenvalue weighted by atomic mass is 16.5. The number of ketones is 1. The molecule has 3 rings (SSSR count). The lowest BCUT2D eigenvalue weighted by Gasteiger charge is -2.10. The molecule has 1 heterocycles. The summed E-state index contributed by atoms with van der Waals surface area (Å²) < 4.78 is 10.5. The second-order valence-corrected chi connectivity index (χ2v) is 5.91. The van der Waals surface area contributed by atoms with Crippen LogP contribution in [-0.2, 0) is 4.74 Å². The molecule has 1 N–H and O–H groups in total. The summed E-state index contributed by atoms with van der Waals surface area (Å²) in [5.41, 5.74) is 0.653. The van der Waals surface area contributed by atoms with E-state index in [-0.39, 0.29) is 17.1 Å². The van der Waals surface area contributed by atoms with Crippen molar-refractivity contribution in [2.75, 3.05) is 6.61 Å². The first kappa shape index (κ1) is 18.5. The van der Waals surface area contributed by atoms with Gasteiger partial charge in [0.1, 0.15) is 23.0 Å². The summed E-state index contributed by atoms with van der Waals surface area (Å²) in [6.07, 6.45) is 0.747. The Morgan fingerprint density at radius 1 is 1.22 bits per heavy atom. The van der Waals surface area contributed by atoms with E-state index in [1.807, 2.05) is 6.92 Å². The summed E-state index contributed by atoms with van der Waals surface area (Å²) in [5, 5.41) is 10.8. The van der Waals surface area contributed by atoms with E-state index in [9.17, 15) is 14.7 Å². The fraction of sp³-hybridized carbons (Fsp3) is 0.190. The Morgan fingerprint density at radius 2 is 1.93 bits per heavy atom. The summed E-state index contributed by atoms with van der Waals surface area (Å²) in [6, 6.07) is 13.3. The number of nitrogens with zero attached hydrogens (tertiary/aromatic N) is 1. The number of carbonyl (C=O) groups is 1. The van der Waals surface area contributed by atoms with Crippen LogP contribution >= 0.6 is 0 Å². The van der Waals surface area contributed by atoms with Gasteiger partial charge in [-0.1, -0.05) is 12.1 Å². The number of para-hydroxylation sites is 1. The van der Waals surface area contributed by atoms with Gasteiger partial charge in [-0.05, 0) is 50.2 Å². The van der Waals surface area contributed by atoms with E-state index in [1.54, 1.807) is 55.5 Å². The Hall–Kier alpha value is -3.25. The maximum absolute atomic E-state index is 12.2. The van der Waals surface area contributed by atoms with Gasteiger partial charge in [0.15, 0.2) is 5.78 Å². The van der Waals surface area contributed by atoms with Crippen molar-refractivity contribution in [2.45, 2.75) is 20.0 Å². The van der Waals surface area contributed by atoms with Crippen molar-refractivity contribution in [3.8, 4) is 5.75 Å². The van der Waals surface area contributed by atoms with Crippen molar-refractivity contribution < 1.29 is 19.1 Å². The van der Waals surface area contributed by atoms with Gasteiger partial charge in [-0.2, -0.15) is 0 Å². The first-order valence-corrected chi connectivity index (χ1v) is 8.56. The van der Waals surface area contributed by atoms with Crippen LogP contribution in [0.2, 0.25) is 0 Å². The number of carbonyl (C=O) groups excluding carboxylic acids is 1. The molecule has 0 aliphatic heterocycles. The lowest BCUT2D eigenvalue weighted by atomic mass is 10.1. The zero-order chi connectivity index (χ0) is 19.4. The normalized spacial score (nSPS) is 12.5. The van der Waals surface area contributed by atoms with Gasteiger partial charge >= 0.3 is 5.63 Å². The van der Waals surface area contributed by atoms with Crippen molar-refractivity contribution in [1.29, 1.82) is 0 Å². The highest BCUT2D eigenvalue weighted by Crippen LogP contribution is 2.25. The van der Waals surface area contributed by atoms with Gasteiger partial charge in [0.25, 0.3) is 0 Å². The van der Waals surface area contributed by atoms with E-state index >= 15 is 0 Å². The van der Waals surface area contributed by atoms with Gasteiger partial charge in [0, 0.05) is 18.4 Å². The maximum atomic E-state index is 12.2. The third-order valence-corrected chi connectivity index (χ3v) is 4.10. The zero-order valence-corrected chi connectivity index (χ0v) is 15.0. The molecular formula is C21H19NO5. The number of aliphatic imine (C=N–C) groups is 1. The second-order valence-electron chi connectivity index (χ2n) is 5.91. The molecule has 1 atom stereocenters. The zero-order valence-electron chi connectivity index (χ0n) is 15.0. The van der Waals surface area contributed by atoms with Gasteiger partial charge in [0.2, 0.25) is 0 Å². The maximum Gasteiger partial charge on any atom is 0.348 e. The first-order valence-electron chi connectivity index (χ1n) is 8.56. The first-order chi connectivity index (χ1) is 13.0. The van der Waals surface area contributed by atoms with Crippen molar-refractivity contribution in [1.82, 2.24) is 0 Å². The van der Waals surface area contributed by atoms with Crippen molar-refractivity contribution in [3.63, 3.8) is 0 Å². The molecule has 1 unspecified atom stereocenters. The van der Waals surface area contributed by atoms with Crippen LogP contribution in [0.5, 0.6) is 5.75 Å². The Kier molecular flexibility index (Phi) is 5.47. The Bertz CT molecular complexity index is 1050. The summed E-state index contributed by atoms with van der Waals surface area (Å²) in [6.45, 7) is 4.01. The van der Waals surface area contributed by atoms with Crippen LogP contribution in [0.25, 0.3) is 11.0 Å². The van der Waals surface area contributed by atoms with Crippen molar-refractivity contribution in [3.05, 3.63) is 70.1 Å². The molecule has 3 aromatic rings. The third kappa shape index (κ3) is 3.96. The summed E-state index contributed by atoms with van der Waals surface area (Å²) >= 11 is 0. The van der Waals surface area contributed by atoms with Gasteiger partial charge in [0.05, 0.1) is 11.1 Å². The van der Waals surface area contributed by atoms with Crippen LogP contribution in [0.3, 0.4) is 0 Å². The number of rotatable bonds is 6. The number of fused-ring (bicyclic) bond motifs is 1. The van der Waals surface area contributed by atoms with Crippen LogP contribution in [0.15, 0.2) is 62.7 Å². The molecule has 0 saturated heterocycles. The van der Waals surface area contributed by atoms with Gasteiger partial charge in [-0.3, -0.25) is 9.79 Å². The largest absolute Gasteiger partial charge is 0.506 e. The summed E-state index contributed by atoms with van der Waals surface area (Å²) in [7, 11) is 0. The average molecular weight is 365 g/mol. The van der Waals surface area contributed by atoms with Crippen LogP contribution in [0.4, 0.5) is 5.69 Å². The second kappa shape index (κ2) is 7.97. The molecular weight excluding hydrogens is 346 g/mol. The SMILES string of the molecule is CCOC(C)C(=O)c1ccc(N=Cc2c(O)c3ccccc3oc2=O)cc1. The van der Waals surface area contributed by atoms with E-state index in [1.165, 1.54) is 6.21 Å². The number of Topliss-reactive ketones (excluding diaryl/α,β-unsaturated/α-hetero) is 1. The number of aromatic hydroxyl groups is 1. The van der Waals surface area contributed by atoms with Gasteiger partial charge in [-0.15, -0.1) is 0 Å². The predicted molar refractivity (Wildman–Crippen MR) is 103 cm³/mol. The van der Waals surface area contributed by atoms with Crippen LogP contribution in [0, 0.1) is 0 Å². The number of benzene rings is 2. The van der Waals surface area contributed by atoms with Gasteiger partial charge < -0.3 is 14.3 Å². The van der Waals surface area contributed by atoms with E-state index in [2.05, 4.69) is 4.99 Å². The van der Waals surface area contributed by atoms with Gasteiger partial charge in [-0.25, -0.2) is 4.79 Å². The fourth-order valence-electron chi connectivity index (χ4n) is 2.67. The molecule has 0 bridgehead atoms. The summed E-state index contributed by atoms with van der Waals surface area (Å²) in [5.74, 6) is -0.289. The third-order valence-electron chi connectivity index (χ3n) is 4.10. The van der Waals surface area contributed by atoms with E-state index < -0.39 is 11.7 Å². The number of hydrogen-bond donors (Lipinski definition) is 1. The molecule has 6 nitrogen and oxygen atoms in total. The molecule has 0 spiro atoms. The molecule has 0 saturated carbocycles. The smallest absolute Gasteiger partial charge is 0.348 e. The van der Waals surface area contributed by atoms with Crippen LogP contribution in [-0.4, -0.2) is 29.8 Å². The van der Waals surface area contributed by atoms with Crippen LogP contribution in [0.1, 0.15) is 29.8 Å². The topological polar surface area (TPSA) is 89.1 Å². The fourth-order valence-corrected chi connectivity index (χ4v) is 2.67. The molecule has 6 heteroatoms. The minimum absolute atomic E-state index is 0.0289. The lowest BCUT2D eigenvalue weighted by Crippen LogP contribution is -2.20. The average Bonchev–Trinajstić information content (AvgIpc) is 2.68. The Morgan fingerprint density at radius 3 is 2.63 bits per heavy atom. The standard InChI is InChI=1S/C21H19NO5/c1-3-26-13(2)19(23)14-8-10-15(11-9-14)22-12-17-20(24)16-6-4-5-7-18(16)27-21(17)25/h4-13,24H,3H2,1-2H3. The molecule has 2 aromatic carbocycles. The molecule has 0 aliphatic rings. The minimum atomic E-state index is -0.674. The monoisotopic (exact) mass is 365 g/mol.